The van der Waals surface area contributed by atoms with Gasteiger partial charge in [-0.2, -0.15) is 13.2 Å². The van der Waals surface area contributed by atoms with Crippen LogP contribution in [0.1, 0.15) is 5.56 Å². The second kappa shape index (κ2) is 5.90. The number of urea groups is 1. The summed E-state index contributed by atoms with van der Waals surface area (Å²) in [7, 11) is 0. The SMILES string of the molecule is O=C(NCc1ccc(F)c(Cl)c1)NCC(F)(F)F. The Kier molecular flexibility index (Phi) is 4.77. The summed E-state index contributed by atoms with van der Waals surface area (Å²) >= 11 is 5.50. The van der Waals surface area contributed by atoms with Crippen LogP contribution in [0.25, 0.3) is 0 Å². The summed E-state index contributed by atoms with van der Waals surface area (Å²) in [5, 5.41) is 3.70. The van der Waals surface area contributed by atoms with Crippen LogP contribution in [0.15, 0.2) is 18.2 Å². The summed E-state index contributed by atoms with van der Waals surface area (Å²) in [5.74, 6) is -0.609. The average Bonchev–Trinajstić information content (AvgIpc) is 2.27. The van der Waals surface area contributed by atoms with Crippen LogP contribution in [-0.2, 0) is 6.54 Å². The van der Waals surface area contributed by atoms with Crippen LogP contribution < -0.4 is 10.6 Å². The van der Waals surface area contributed by atoms with Crippen molar-refractivity contribution in [3.63, 3.8) is 0 Å². The molecule has 0 saturated carbocycles. The third kappa shape index (κ3) is 5.22. The van der Waals surface area contributed by atoms with E-state index in [0.717, 1.165) is 6.07 Å². The standard InChI is InChI=1S/C10H9ClF4N2O/c11-7-3-6(1-2-8(7)12)4-16-9(18)17-5-10(13,14)15/h1-3H,4-5H2,(H2,16,17,18). The van der Waals surface area contributed by atoms with E-state index in [1.54, 1.807) is 5.32 Å². The van der Waals surface area contributed by atoms with Crippen molar-refractivity contribution in [1.82, 2.24) is 10.6 Å². The van der Waals surface area contributed by atoms with Gasteiger partial charge in [-0.05, 0) is 17.7 Å². The molecule has 1 rings (SSSR count). The number of hydrogen-bond donors (Lipinski definition) is 2. The highest BCUT2D eigenvalue weighted by Crippen LogP contribution is 2.15. The predicted molar refractivity (Wildman–Crippen MR) is 57.7 cm³/mol. The van der Waals surface area contributed by atoms with E-state index >= 15 is 0 Å². The van der Waals surface area contributed by atoms with Gasteiger partial charge in [-0.15, -0.1) is 0 Å². The van der Waals surface area contributed by atoms with Gasteiger partial charge in [-0.1, -0.05) is 17.7 Å². The number of alkyl halides is 3. The lowest BCUT2D eigenvalue weighted by molar-refractivity contribution is -0.122. The molecule has 0 spiro atoms. The van der Waals surface area contributed by atoms with E-state index in [1.165, 1.54) is 12.1 Å². The first-order valence-corrected chi connectivity index (χ1v) is 5.18. The van der Waals surface area contributed by atoms with Crippen molar-refractivity contribution in [1.29, 1.82) is 0 Å². The number of amides is 2. The maximum Gasteiger partial charge on any atom is 0.405 e. The summed E-state index contributed by atoms with van der Waals surface area (Å²) in [4.78, 5) is 11.0. The molecule has 0 atom stereocenters. The van der Waals surface area contributed by atoms with Crippen molar-refractivity contribution in [2.75, 3.05) is 6.54 Å². The molecule has 0 fully saturated rings. The molecule has 18 heavy (non-hydrogen) atoms. The smallest absolute Gasteiger partial charge is 0.334 e. The first-order chi connectivity index (χ1) is 8.28. The molecule has 0 aliphatic heterocycles. The van der Waals surface area contributed by atoms with E-state index in [2.05, 4.69) is 5.32 Å². The molecule has 0 heterocycles. The van der Waals surface area contributed by atoms with Gasteiger partial charge in [0.25, 0.3) is 0 Å². The first-order valence-electron chi connectivity index (χ1n) is 4.80. The largest absolute Gasteiger partial charge is 0.405 e. The van der Waals surface area contributed by atoms with Crippen LogP contribution >= 0.6 is 11.6 Å². The minimum atomic E-state index is -4.46. The van der Waals surface area contributed by atoms with Gasteiger partial charge in [0.15, 0.2) is 0 Å². The molecule has 8 heteroatoms. The van der Waals surface area contributed by atoms with Crippen LogP contribution in [0.5, 0.6) is 0 Å². The first kappa shape index (κ1) is 14.6. The lowest BCUT2D eigenvalue weighted by atomic mass is 10.2. The van der Waals surface area contributed by atoms with Crippen molar-refractivity contribution in [3.05, 3.63) is 34.6 Å². The zero-order valence-corrected chi connectivity index (χ0v) is 9.70. The van der Waals surface area contributed by atoms with Gasteiger partial charge in [-0.3, -0.25) is 0 Å². The number of carbonyl (C=O) groups excluding carboxylic acids is 1. The molecule has 0 aliphatic rings. The van der Waals surface area contributed by atoms with Gasteiger partial charge in [0, 0.05) is 6.54 Å². The highest BCUT2D eigenvalue weighted by Gasteiger charge is 2.27. The van der Waals surface area contributed by atoms with Crippen LogP contribution in [0, 0.1) is 5.82 Å². The average molecular weight is 285 g/mol. The van der Waals surface area contributed by atoms with E-state index in [4.69, 9.17) is 11.6 Å². The summed E-state index contributed by atoms with van der Waals surface area (Å²) in [6.45, 7) is -1.47. The maximum atomic E-state index is 12.8. The fourth-order valence-electron chi connectivity index (χ4n) is 1.07. The minimum Gasteiger partial charge on any atom is -0.334 e. The second-order valence-corrected chi connectivity index (χ2v) is 3.81. The Balaban J connectivity index is 2.40. The molecule has 0 radical (unpaired) electrons. The highest BCUT2D eigenvalue weighted by molar-refractivity contribution is 6.30. The van der Waals surface area contributed by atoms with Crippen molar-refractivity contribution >= 4 is 17.6 Å². The van der Waals surface area contributed by atoms with Gasteiger partial charge in [-0.25, -0.2) is 9.18 Å². The molecule has 0 unspecified atom stereocenters. The van der Waals surface area contributed by atoms with Crippen molar-refractivity contribution in [3.8, 4) is 0 Å². The summed E-state index contributed by atoms with van der Waals surface area (Å²) in [6, 6.07) is 2.78. The van der Waals surface area contributed by atoms with Crippen LogP contribution in [0.4, 0.5) is 22.4 Å². The summed E-state index contributed by atoms with van der Waals surface area (Å²) < 4.78 is 48.1. The van der Waals surface area contributed by atoms with E-state index in [1.807, 2.05) is 0 Å². The lowest BCUT2D eigenvalue weighted by Crippen LogP contribution is -2.40. The molecule has 100 valence electrons. The fourth-order valence-corrected chi connectivity index (χ4v) is 1.28. The molecule has 2 N–H and O–H groups in total. The number of benzene rings is 1. The number of halogens is 5. The molecule has 0 aliphatic carbocycles. The third-order valence-corrected chi connectivity index (χ3v) is 2.18. The van der Waals surface area contributed by atoms with Gasteiger partial charge < -0.3 is 10.6 Å². The maximum absolute atomic E-state index is 12.8. The minimum absolute atomic E-state index is 0.0519. The molecule has 2 amide bonds. The normalized spacial score (nSPS) is 11.2. The molecule has 0 saturated heterocycles. The Labute approximate surface area is 105 Å². The van der Waals surface area contributed by atoms with Crippen LogP contribution in [0.2, 0.25) is 5.02 Å². The van der Waals surface area contributed by atoms with Crippen molar-refractivity contribution in [2.45, 2.75) is 12.7 Å². The number of nitrogens with one attached hydrogen (secondary N) is 2. The number of rotatable bonds is 3. The second-order valence-electron chi connectivity index (χ2n) is 3.40. The third-order valence-electron chi connectivity index (χ3n) is 1.89. The molecule has 0 aromatic heterocycles. The Morgan fingerprint density at radius 1 is 1.28 bits per heavy atom. The predicted octanol–water partition coefficient (Wildman–Crippen LogP) is 2.84. The Morgan fingerprint density at radius 2 is 1.94 bits per heavy atom. The Bertz CT molecular complexity index is 436. The number of carbonyl (C=O) groups is 1. The zero-order valence-electron chi connectivity index (χ0n) is 8.94. The quantitative estimate of drug-likeness (QED) is 0.824. The molecule has 3 nitrogen and oxygen atoms in total. The Morgan fingerprint density at radius 3 is 2.50 bits per heavy atom. The van der Waals surface area contributed by atoms with Crippen LogP contribution in [0.3, 0.4) is 0 Å². The zero-order chi connectivity index (χ0) is 13.8. The van der Waals surface area contributed by atoms with Crippen molar-refractivity contribution < 1.29 is 22.4 Å². The van der Waals surface area contributed by atoms with Gasteiger partial charge in [0.2, 0.25) is 0 Å². The highest BCUT2D eigenvalue weighted by atomic mass is 35.5. The van der Waals surface area contributed by atoms with E-state index in [0.29, 0.717) is 5.56 Å². The van der Waals surface area contributed by atoms with Crippen molar-refractivity contribution in [2.24, 2.45) is 0 Å². The number of hydrogen-bond acceptors (Lipinski definition) is 1. The topological polar surface area (TPSA) is 41.1 Å². The summed E-state index contributed by atoms with van der Waals surface area (Å²) in [6.07, 6.45) is -4.46. The lowest BCUT2D eigenvalue weighted by Gasteiger charge is -2.10. The van der Waals surface area contributed by atoms with Gasteiger partial charge in [0.05, 0.1) is 5.02 Å². The molecule has 0 bridgehead atoms. The monoisotopic (exact) mass is 284 g/mol. The van der Waals surface area contributed by atoms with Gasteiger partial charge in [0.1, 0.15) is 12.4 Å². The Hall–Kier alpha value is -1.50. The summed E-state index contributed by atoms with van der Waals surface area (Å²) in [5.41, 5.74) is 0.476. The molecule has 1 aromatic rings. The fraction of sp³-hybridized carbons (Fsp3) is 0.300. The molecule has 1 aromatic carbocycles. The van der Waals surface area contributed by atoms with E-state index in [9.17, 15) is 22.4 Å². The van der Waals surface area contributed by atoms with Gasteiger partial charge >= 0.3 is 12.2 Å². The van der Waals surface area contributed by atoms with E-state index < -0.39 is 24.6 Å². The van der Waals surface area contributed by atoms with E-state index in [-0.39, 0.29) is 11.6 Å². The molecular weight excluding hydrogens is 276 g/mol. The molecular formula is C10H9ClF4N2O. The van der Waals surface area contributed by atoms with Crippen LogP contribution in [-0.4, -0.2) is 18.8 Å².